The van der Waals surface area contributed by atoms with Crippen LogP contribution < -0.4 is 0 Å². The Kier molecular flexibility index (Phi) is 2.49. The van der Waals surface area contributed by atoms with Gasteiger partial charge in [0.15, 0.2) is 0 Å². The highest BCUT2D eigenvalue weighted by atomic mass is 33.1. The summed E-state index contributed by atoms with van der Waals surface area (Å²) in [6.45, 7) is 0. The van der Waals surface area contributed by atoms with Gasteiger partial charge in [0.05, 0.1) is 5.25 Å². The molecular formula is C4H4O2S3. The molecular weight excluding hydrogens is 176 g/mol. The van der Waals surface area contributed by atoms with E-state index in [9.17, 15) is 9.59 Å². The molecule has 1 atom stereocenters. The fourth-order valence-corrected chi connectivity index (χ4v) is 2.76. The van der Waals surface area contributed by atoms with Crippen LogP contribution in [0.5, 0.6) is 0 Å². The normalized spacial score (nSPS) is 28.8. The van der Waals surface area contributed by atoms with Crippen LogP contribution in [0.25, 0.3) is 0 Å². The number of rotatable bonds is 0. The van der Waals surface area contributed by atoms with Crippen molar-refractivity contribution in [1.29, 1.82) is 0 Å². The smallest absolute Gasteiger partial charge is 0.213 e. The van der Waals surface area contributed by atoms with E-state index >= 15 is 0 Å². The highest BCUT2D eigenvalue weighted by molar-refractivity contribution is 8.87. The second-order valence-electron chi connectivity index (χ2n) is 1.58. The molecule has 0 aromatic carbocycles. The van der Waals surface area contributed by atoms with E-state index in [1.54, 1.807) is 0 Å². The number of carbonyl (C=O) groups is 2. The molecule has 0 saturated carbocycles. The Labute approximate surface area is 66.0 Å². The Bertz CT molecular complexity index is 156. The third kappa shape index (κ3) is 1.91. The summed E-state index contributed by atoms with van der Waals surface area (Å²) in [5.74, 6) is 0. The molecule has 2 nitrogen and oxygen atoms in total. The van der Waals surface area contributed by atoms with Crippen LogP contribution in [-0.4, -0.2) is 15.5 Å². The number of hydrogen-bond acceptors (Lipinski definition) is 5. The van der Waals surface area contributed by atoms with Crippen molar-refractivity contribution in [3.05, 3.63) is 0 Å². The summed E-state index contributed by atoms with van der Waals surface area (Å²) in [6.07, 6.45) is 0.277. The number of carbonyl (C=O) groups excluding carboxylic acids is 2. The minimum Gasteiger partial charge on any atom is -0.286 e. The van der Waals surface area contributed by atoms with Crippen LogP contribution in [0.1, 0.15) is 6.42 Å². The van der Waals surface area contributed by atoms with E-state index in [0.717, 1.165) is 21.6 Å². The molecule has 1 saturated heterocycles. The molecule has 0 N–H and O–H groups in total. The molecule has 1 fully saturated rings. The lowest BCUT2D eigenvalue weighted by molar-refractivity contribution is -0.115. The fraction of sp³-hybridized carbons (Fsp3) is 0.500. The van der Waals surface area contributed by atoms with Crippen LogP contribution in [0.2, 0.25) is 0 Å². The van der Waals surface area contributed by atoms with Crippen molar-refractivity contribution in [3.8, 4) is 0 Å². The van der Waals surface area contributed by atoms with E-state index in [1.807, 2.05) is 0 Å². The van der Waals surface area contributed by atoms with Crippen LogP contribution in [0.3, 0.4) is 0 Å². The Morgan fingerprint density at radius 1 is 1.44 bits per heavy atom. The first-order valence-electron chi connectivity index (χ1n) is 2.29. The predicted octanol–water partition coefficient (Wildman–Crippen LogP) is 1.12. The second kappa shape index (κ2) is 2.98. The summed E-state index contributed by atoms with van der Waals surface area (Å²) in [7, 11) is 2.00. The number of thiol groups is 1. The van der Waals surface area contributed by atoms with Gasteiger partial charge in [0.25, 0.3) is 0 Å². The zero-order chi connectivity index (χ0) is 6.85. The van der Waals surface area contributed by atoms with Crippen LogP contribution in [0, 0.1) is 0 Å². The van der Waals surface area contributed by atoms with Crippen LogP contribution in [-0.2, 0) is 9.59 Å². The van der Waals surface area contributed by atoms with Crippen molar-refractivity contribution in [2.24, 2.45) is 0 Å². The molecule has 0 amide bonds. The topological polar surface area (TPSA) is 34.1 Å². The molecule has 0 bridgehead atoms. The molecule has 1 aliphatic heterocycles. The molecule has 5 heteroatoms. The van der Waals surface area contributed by atoms with Crippen LogP contribution in [0.4, 0.5) is 0 Å². The maximum absolute atomic E-state index is 10.7. The van der Waals surface area contributed by atoms with Crippen LogP contribution >= 0.6 is 34.2 Å². The lowest BCUT2D eigenvalue weighted by Crippen LogP contribution is -2.17. The summed E-state index contributed by atoms with van der Waals surface area (Å²) in [5.41, 5.74) is 0. The van der Waals surface area contributed by atoms with E-state index < -0.39 is 0 Å². The molecule has 50 valence electrons. The SMILES string of the molecule is O=C1CC(S)C(=O)SS1. The van der Waals surface area contributed by atoms with Crippen molar-refractivity contribution < 1.29 is 9.59 Å². The molecule has 0 spiro atoms. The third-order valence-electron chi connectivity index (χ3n) is 0.849. The van der Waals surface area contributed by atoms with E-state index in [1.165, 1.54) is 0 Å². The van der Waals surface area contributed by atoms with Gasteiger partial charge < -0.3 is 0 Å². The Morgan fingerprint density at radius 3 is 2.56 bits per heavy atom. The van der Waals surface area contributed by atoms with Gasteiger partial charge in [-0.2, -0.15) is 12.6 Å². The van der Waals surface area contributed by atoms with Gasteiger partial charge in [-0.1, -0.05) is 0 Å². The molecule has 1 heterocycles. The molecule has 1 unspecified atom stereocenters. The first kappa shape index (κ1) is 7.50. The van der Waals surface area contributed by atoms with E-state index in [-0.39, 0.29) is 21.9 Å². The van der Waals surface area contributed by atoms with Gasteiger partial charge in [-0.15, -0.1) is 0 Å². The van der Waals surface area contributed by atoms with E-state index in [2.05, 4.69) is 12.6 Å². The first-order chi connectivity index (χ1) is 4.20. The lowest BCUT2D eigenvalue weighted by atomic mass is 10.3. The van der Waals surface area contributed by atoms with Crippen molar-refractivity contribution >= 4 is 44.4 Å². The van der Waals surface area contributed by atoms with Crippen molar-refractivity contribution in [1.82, 2.24) is 0 Å². The zero-order valence-corrected chi connectivity index (χ0v) is 6.89. The molecule has 1 aliphatic rings. The molecule has 0 aromatic rings. The average molecular weight is 180 g/mol. The Morgan fingerprint density at radius 2 is 2.11 bits per heavy atom. The molecule has 0 aliphatic carbocycles. The van der Waals surface area contributed by atoms with Gasteiger partial charge >= 0.3 is 0 Å². The third-order valence-corrected chi connectivity index (χ3v) is 3.63. The van der Waals surface area contributed by atoms with E-state index in [0.29, 0.717) is 0 Å². The fourth-order valence-electron chi connectivity index (χ4n) is 0.418. The molecule has 0 radical (unpaired) electrons. The quantitative estimate of drug-likeness (QED) is 0.447. The lowest BCUT2D eigenvalue weighted by Gasteiger charge is -2.11. The van der Waals surface area contributed by atoms with Gasteiger partial charge in [0, 0.05) is 6.42 Å². The van der Waals surface area contributed by atoms with Gasteiger partial charge in [0.1, 0.15) is 0 Å². The minimum absolute atomic E-state index is 0.0112. The van der Waals surface area contributed by atoms with Crippen molar-refractivity contribution in [3.63, 3.8) is 0 Å². The summed E-state index contributed by atoms with van der Waals surface area (Å²) in [4.78, 5) is 21.2. The number of hydrogen-bond donors (Lipinski definition) is 1. The standard InChI is InChI=1S/C4H4O2S3/c5-3-1-2(7)4(6)9-8-3/h2,7H,1H2. The van der Waals surface area contributed by atoms with Gasteiger partial charge in [0.2, 0.25) is 10.2 Å². The highest BCUT2D eigenvalue weighted by Gasteiger charge is 2.25. The largest absolute Gasteiger partial charge is 0.286 e. The van der Waals surface area contributed by atoms with Gasteiger partial charge in [-0.05, 0) is 21.6 Å². The second-order valence-corrected chi connectivity index (χ2v) is 4.39. The zero-order valence-electron chi connectivity index (χ0n) is 4.36. The molecule has 0 aromatic heterocycles. The summed E-state index contributed by atoms with van der Waals surface area (Å²) in [5, 5.41) is -0.341. The summed E-state index contributed by atoms with van der Waals surface area (Å²) in [6, 6.07) is 0. The summed E-state index contributed by atoms with van der Waals surface area (Å²) < 4.78 is 0. The van der Waals surface area contributed by atoms with Crippen LogP contribution in [0.15, 0.2) is 0 Å². The Hall–Kier alpha value is 0.390. The molecule has 1 rings (SSSR count). The van der Waals surface area contributed by atoms with Crippen molar-refractivity contribution in [2.45, 2.75) is 11.7 Å². The predicted molar refractivity (Wildman–Crippen MR) is 42.6 cm³/mol. The monoisotopic (exact) mass is 180 g/mol. The minimum atomic E-state index is -0.372. The van der Waals surface area contributed by atoms with Gasteiger partial charge in [-0.25, -0.2) is 0 Å². The average Bonchev–Trinajstić information content (AvgIpc) is 1.80. The Balaban J connectivity index is 2.54. The molecule has 9 heavy (non-hydrogen) atoms. The first-order valence-corrected chi connectivity index (χ1v) is 4.96. The maximum Gasteiger partial charge on any atom is 0.213 e. The van der Waals surface area contributed by atoms with Crippen molar-refractivity contribution in [2.75, 3.05) is 0 Å². The summed E-state index contributed by atoms with van der Waals surface area (Å²) >= 11 is 3.91. The highest BCUT2D eigenvalue weighted by Crippen LogP contribution is 2.34. The van der Waals surface area contributed by atoms with E-state index in [4.69, 9.17) is 0 Å². The maximum atomic E-state index is 10.7. The van der Waals surface area contributed by atoms with Gasteiger partial charge in [-0.3, -0.25) is 9.59 Å².